The molecule has 0 amide bonds. The fourth-order valence-electron chi connectivity index (χ4n) is 1.23. The van der Waals surface area contributed by atoms with Gasteiger partial charge in [0.25, 0.3) is 0 Å². The van der Waals surface area contributed by atoms with Gasteiger partial charge in [0.1, 0.15) is 6.10 Å². The summed E-state index contributed by atoms with van der Waals surface area (Å²) in [5.74, 6) is 0. The predicted molar refractivity (Wildman–Crippen MR) is 56.3 cm³/mol. The van der Waals surface area contributed by atoms with Crippen molar-refractivity contribution >= 4 is 0 Å². The quantitative estimate of drug-likeness (QED) is 0.629. The van der Waals surface area contributed by atoms with Gasteiger partial charge in [0.05, 0.1) is 0 Å². The average molecular weight is 242 g/mol. The van der Waals surface area contributed by atoms with E-state index in [0.717, 1.165) is 25.9 Å². The Bertz CT molecular complexity index is 160. The molecular weight excluding hydrogens is 221 g/mol. The zero-order valence-corrected chi connectivity index (χ0v) is 9.72. The highest BCUT2D eigenvalue weighted by Crippen LogP contribution is 2.23. The smallest absolute Gasteiger partial charge is 0.384 e. The van der Waals surface area contributed by atoms with E-state index in [1.165, 1.54) is 0 Å². The lowest BCUT2D eigenvalue weighted by atomic mass is 10.1. The van der Waals surface area contributed by atoms with Gasteiger partial charge < -0.3 is 9.84 Å². The van der Waals surface area contributed by atoms with Gasteiger partial charge in [-0.2, -0.15) is 13.2 Å². The Kier molecular flexibility index (Phi) is 8.66. The first kappa shape index (κ1) is 15.7. The van der Waals surface area contributed by atoms with E-state index in [2.05, 4.69) is 6.92 Å². The van der Waals surface area contributed by atoms with E-state index >= 15 is 0 Å². The molecule has 0 aromatic rings. The molecule has 0 aromatic heterocycles. The number of aliphatic hydroxyl groups is 1. The van der Waals surface area contributed by atoms with Crippen LogP contribution in [0.2, 0.25) is 0 Å². The first-order chi connectivity index (χ1) is 7.48. The number of ether oxygens (including phenoxy) is 1. The van der Waals surface area contributed by atoms with Crippen molar-refractivity contribution in [2.24, 2.45) is 0 Å². The van der Waals surface area contributed by atoms with Crippen LogP contribution in [0, 0.1) is 0 Å². The highest BCUT2D eigenvalue weighted by atomic mass is 19.4. The van der Waals surface area contributed by atoms with E-state index in [1.807, 2.05) is 0 Å². The average Bonchev–Trinajstić information content (AvgIpc) is 2.20. The zero-order valence-electron chi connectivity index (χ0n) is 9.72. The van der Waals surface area contributed by atoms with Crippen LogP contribution in [0.5, 0.6) is 0 Å². The van der Waals surface area contributed by atoms with Crippen molar-refractivity contribution in [2.75, 3.05) is 13.2 Å². The SMILES string of the molecule is CCCCOCCCCCC(O)C(F)(F)F. The Morgan fingerprint density at radius 2 is 1.69 bits per heavy atom. The fourth-order valence-corrected chi connectivity index (χ4v) is 1.23. The Morgan fingerprint density at radius 1 is 1.06 bits per heavy atom. The number of hydrogen-bond donors (Lipinski definition) is 1. The number of rotatable bonds is 9. The van der Waals surface area contributed by atoms with E-state index in [4.69, 9.17) is 9.84 Å². The van der Waals surface area contributed by atoms with Crippen LogP contribution >= 0.6 is 0 Å². The molecule has 2 nitrogen and oxygen atoms in total. The summed E-state index contributed by atoms with van der Waals surface area (Å²) >= 11 is 0. The summed E-state index contributed by atoms with van der Waals surface area (Å²) in [5.41, 5.74) is 0. The Hall–Kier alpha value is -0.290. The van der Waals surface area contributed by atoms with E-state index in [0.29, 0.717) is 19.4 Å². The van der Waals surface area contributed by atoms with Gasteiger partial charge in [-0.3, -0.25) is 0 Å². The third-order valence-corrected chi connectivity index (χ3v) is 2.29. The van der Waals surface area contributed by atoms with Crippen molar-refractivity contribution < 1.29 is 23.0 Å². The zero-order chi connectivity index (χ0) is 12.4. The third kappa shape index (κ3) is 8.97. The van der Waals surface area contributed by atoms with Gasteiger partial charge in [0, 0.05) is 13.2 Å². The van der Waals surface area contributed by atoms with E-state index < -0.39 is 12.3 Å². The van der Waals surface area contributed by atoms with Crippen LogP contribution in [0.15, 0.2) is 0 Å². The lowest BCUT2D eigenvalue weighted by molar-refractivity contribution is -0.205. The molecule has 0 radical (unpaired) electrons. The molecule has 0 saturated heterocycles. The van der Waals surface area contributed by atoms with Crippen LogP contribution in [-0.2, 0) is 4.74 Å². The molecule has 0 aliphatic heterocycles. The van der Waals surface area contributed by atoms with Crippen LogP contribution in [0.25, 0.3) is 0 Å². The second kappa shape index (κ2) is 8.82. The van der Waals surface area contributed by atoms with Gasteiger partial charge in [-0.05, 0) is 19.3 Å². The molecule has 0 heterocycles. The van der Waals surface area contributed by atoms with Crippen molar-refractivity contribution in [2.45, 2.75) is 57.7 Å². The molecule has 98 valence electrons. The summed E-state index contributed by atoms with van der Waals surface area (Å²) in [6, 6.07) is 0. The molecular formula is C11H21F3O2. The summed E-state index contributed by atoms with van der Waals surface area (Å²) in [4.78, 5) is 0. The first-order valence-electron chi connectivity index (χ1n) is 5.81. The Labute approximate surface area is 94.8 Å². The molecule has 0 aliphatic carbocycles. The largest absolute Gasteiger partial charge is 0.414 e. The fraction of sp³-hybridized carbons (Fsp3) is 1.00. The molecule has 0 aliphatic rings. The van der Waals surface area contributed by atoms with Crippen molar-refractivity contribution in [1.82, 2.24) is 0 Å². The summed E-state index contributed by atoms with van der Waals surface area (Å²) in [6.45, 7) is 3.39. The standard InChI is InChI=1S/C11H21F3O2/c1-2-3-8-16-9-6-4-5-7-10(15)11(12,13)14/h10,15H,2-9H2,1H3. The van der Waals surface area contributed by atoms with Gasteiger partial charge in [-0.15, -0.1) is 0 Å². The third-order valence-electron chi connectivity index (χ3n) is 2.29. The second-order valence-electron chi connectivity index (χ2n) is 3.87. The number of aliphatic hydroxyl groups excluding tert-OH is 1. The highest BCUT2D eigenvalue weighted by molar-refractivity contribution is 4.64. The van der Waals surface area contributed by atoms with Crippen molar-refractivity contribution in [1.29, 1.82) is 0 Å². The Balaban J connectivity index is 3.21. The minimum Gasteiger partial charge on any atom is -0.384 e. The molecule has 1 atom stereocenters. The summed E-state index contributed by atoms with van der Waals surface area (Å²) in [7, 11) is 0. The normalized spacial score (nSPS) is 14.1. The molecule has 0 bridgehead atoms. The van der Waals surface area contributed by atoms with Gasteiger partial charge in [0.2, 0.25) is 0 Å². The van der Waals surface area contributed by atoms with E-state index in [9.17, 15) is 13.2 Å². The lowest BCUT2D eigenvalue weighted by Gasteiger charge is -2.13. The van der Waals surface area contributed by atoms with Crippen LogP contribution in [0.3, 0.4) is 0 Å². The second-order valence-corrected chi connectivity index (χ2v) is 3.87. The maximum atomic E-state index is 11.9. The van der Waals surface area contributed by atoms with Gasteiger partial charge in [-0.1, -0.05) is 26.2 Å². The van der Waals surface area contributed by atoms with Gasteiger partial charge in [0.15, 0.2) is 0 Å². The van der Waals surface area contributed by atoms with E-state index in [-0.39, 0.29) is 6.42 Å². The van der Waals surface area contributed by atoms with Crippen molar-refractivity contribution in [3.05, 3.63) is 0 Å². The van der Waals surface area contributed by atoms with Crippen molar-refractivity contribution in [3.8, 4) is 0 Å². The summed E-state index contributed by atoms with van der Waals surface area (Å²) < 4.78 is 40.9. The first-order valence-corrected chi connectivity index (χ1v) is 5.81. The molecule has 0 fully saturated rings. The van der Waals surface area contributed by atoms with Crippen LogP contribution in [0.4, 0.5) is 13.2 Å². The van der Waals surface area contributed by atoms with Gasteiger partial charge >= 0.3 is 6.18 Å². The molecule has 0 spiro atoms. The summed E-state index contributed by atoms with van der Waals surface area (Å²) in [5, 5.41) is 8.70. The molecule has 1 N–H and O–H groups in total. The molecule has 5 heteroatoms. The topological polar surface area (TPSA) is 29.5 Å². The number of halogens is 3. The number of alkyl halides is 3. The van der Waals surface area contributed by atoms with Crippen LogP contribution in [-0.4, -0.2) is 30.6 Å². The number of unbranched alkanes of at least 4 members (excludes halogenated alkanes) is 3. The molecule has 0 saturated carbocycles. The molecule has 16 heavy (non-hydrogen) atoms. The molecule has 1 unspecified atom stereocenters. The number of hydrogen-bond acceptors (Lipinski definition) is 2. The highest BCUT2D eigenvalue weighted by Gasteiger charge is 2.37. The van der Waals surface area contributed by atoms with Crippen LogP contribution in [0.1, 0.15) is 45.4 Å². The van der Waals surface area contributed by atoms with Gasteiger partial charge in [-0.25, -0.2) is 0 Å². The Morgan fingerprint density at radius 3 is 2.25 bits per heavy atom. The molecule has 0 rings (SSSR count). The summed E-state index contributed by atoms with van der Waals surface area (Å²) in [6.07, 6.45) is -2.94. The lowest BCUT2D eigenvalue weighted by Crippen LogP contribution is -2.28. The molecule has 0 aromatic carbocycles. The maximum Gasteiger partial charge on any atom is 0.414 e. The van der Waals surface area contributed by atoms with Crippen LogP contribution < -0.4 is 0 Å². The maximum absolute atomic E-state index is 11.9. The minimum absolute atomic E-state index is 0.210. The van der Waals surface area contributed by atoms with Crippen molar-refractivity contribution in [3.63, 3.8) is 0 Å². The predicted octanol–water partition coefficient (Wildman–Crippen LogP) is 3.29. The van der Waals surface area contributed by atoms with E-state index in [1.54, 1.807) is 0 Å². The monoisotopic (exact) mass is 242 g/mol. The minimum atomic E-state index is -4.47.